The first-order chi connectivity index (χ1) is 7.75. The molecule has 0 amide bonds. The first-order valence-electron chi connectivity index (χ1n) is 4.93. The molecule has 0 saturated carbocycles. The van der Waals surface area contributed by atoms with E-state index in [1.807, 2.05) is 11.8 Å². The molecular weight excluding hydrogens is 260 g/mol. The average molecular weight is 269 g/mol. The summed E-state index contributed by atoms with van der Waals surface area (Å²) in [7, 11) is 0. The number of fused-ring (bicyclic) bond motifs is 1. The Balaban J connectivity index is 2.17. The Labute approximate surface area is 107 Å². The van der Waals surface area contributed by atoms with Crippen LogP contribution in [0.4, 0.5) is 0 Å². The maximum absolute atomic E-state index is 6.18. The number of thiophene rings is 1. The Morgan fingerprint density at radius 3 is 2.94 bits per heavy atom. The highest BCUT2D eigenvalue weighted by atomic mass is 35.5. The van der Waals surface area contributed by atoms with Gasteiger partial charge in [-0.25, -0.2) is 9.97 Å². The van der Waals surface area contributed by atoms with E-state index in [4.69, 9.17) is 11.6 Å². The van der Waals surface area contributed by atoms with Crippen molar-refractivity contribution in [3.8, 4) is 10.7 Å². The fourth-order valence-corrected chi connectivity index (χ4v) is 3.95. The minimum atomic E-state index is 0.623. The van der Waals surface area contributed by atoms with Crippen LogP contribution < -0.4 is 0 Å². The number of thioether (sulfide) groups is 1. The normalized spacial score (nSPS) is 14.1. The van der Waals surface area contributed by atoms with Crippen LogP contribution in [0.1, 0.15) is 16.8 Å². The molecule has 0 unspecified atom stereocenters. The Kier molecular flexibility index (Phi) is 2.65. The second-order valence-electron chi connectivity index (χ2n) is 3.69. The molecule has 1 aliphatic heterocycles. The summed E-state index contributed by atoms with van der Waals surface area (Å²) in [5.41, 5.74) is 3.43. The van der Waals surface area contributed by atoms with Gasteiger partial charge in [-0.2, -0.15) is 11.8 Å². The number of hydrogen-bond acceptors (Lipinski definition) is 4. The zero-order chi connectivity index (χ0) is 11.1. The third kappa shape index (κ3) is 1.65. The summed E-state index contributed by atoms with van der Waals surface area (Å²) < 4.78 is 0. The minimum absolute atomic E-state index is 0.623. The summed E-state index contributed by atoms with van der Waals surface area (Å²) in [5.74, 6) is 2.67. The molecule has 2 aromatic heterocycles. The van der Waals surface area contributed by atoms with Gasteiger partial charge >= 0.3 is 0 Å². The molecule has 0 N–H and O–H groups in total. The molecule has 5 heteroatoms. The first kappa shape index (κ1) is 10.6. The van der Waals surface area contributed by atoms with Gasteiger partial charge in [-0.05, 0) is 23.9 Å². The molecule has 0 aromatic carbocycles. The van der Waals surface area contributed by atoms with Gasteiger partial charge in [0.2, 0.25) is 0 Å². The van der Waals surface area contributed by atoms with Crippen LogP contribution in [0, 0.1) is 6.92 Å². The molecule has 2 aromatic rings. The predicted octanol–water partition coefficient (Wildman–Crippen LogP) is 3.91. The largest absolute Gasteiger partial charge is 0.231 e. The Bertz CT molecular complexity index is 551. The quantitative estimate of drug-likeness (QED) is 0.734. The maximum atomic E-state index is 6.18. The second-order valence-corrected chi connectivity index (χ2v) is 5.95. The van der Waals surface area contributed by atoms with Gasteiger partial charge in [0.25, 0.3) is 0 Å². The summed E-state index contributed by atoms with van der Waals surface area (Å²) in [5, 5.41) is 2.68. The van der Waals surface area contributed by atoms with E-state index < -0.39 is 0 Å². The van der Waals surface area contributed by atoms with Crippen molar-refractivity contribution < 1.29 is 0 Å². The molecule has 0 fully saturated rings. The molecule has 0 spiro atoms. The van der Waals surface area contributed by atoms with E-state index >= 15 is 0 Å². The highest BCUT2D eigenvalue weighted by Crippen LogP contribution is 2.35. The molecule has 0 radical (unpaired) electrons. The van der Waals surface area contributed by atoms with Crippen molar-refractivity contribution in [1.82, 2.24) is 9.97 Å². The van der Waals surface area contributed by atoms with Crippen molar-refractivity contribution in [2.24, 2.45) is 0 Å². The van der Waals surface area contributed by atoms with Crippen molar-refractivity contribution in [1.29, 1.82) is 0 Å². The van der Waals surface area contributed by atoms with E-state index in [0.29, 0.717) is 5.15 Å². The van der Waals surface area contributed by atoms with Crippen LogP contribution in [0.25, 0.3) is 10.7 Å². The maximum Gasteiger partial charge on any atom is 0.171 e. The Morgan fingerprint density at radius 2 is 2.19 bits per heavy atom. The molecule has 2 nitrogen and oxygen atoms in total. The van der Waals surface area contributed by atoms with Gasteiger partial charge in [0.15, 0.2) is 5.82 Å². The lowest BCUT2D eigenvalue weighted by molar-refractivity contribution is 1.08. The van der Waals surface area contributed by atoms with E-state index in [-0.39, 0.29) is 0 Å². The van der Waals surface area contributed by atoms with Crippen LogP contribution in [0.15, 0.2) is 11.4 Å². The van der Waals surface area contributed by atoms with Crippen molar-refractivity contribution >= 4 is 34.7 Å². The molecular formula is C11H9ClN2S2. The Morgan fingerprint density at radius 1 is 1.31 bits per heavy atom. The van der Waals surface area contributed by atoms with Crippen LogP contribution in [-0.4, -0.2) is 9.97 Å². The van der Waals surface area contributed by atoms with Crippen molar-refractivity contribution in [2.75, 3.05) is 0 Å². The molecule has 0 atom stereocenters. The summed E-state index contributed by atoms with van der Waals surface area (Å²) in [6.45, 7) is 2.07. The standard InChI is InChI=1S/C11H9ClN2S2/c1-6-2-3-16-9(6)11-13-8-5-15-4-7(8)10(12)14-11/h2-3H,4-5H2,1H3. The topological polar surface area (TPSA) is 25.8 Å². The average Bonchev–Trinajstić information content (AvgIpc) is 2.85. The fraction of sp³-hybridized carbons (Fsp3) is 0.273. The van der Waals surface area contributed by atoms with Gasteiger partial charge in [-0.1, -0.05) is 11.6 Å². The second kappa shape index (κ2) is 4.02. The molecule has 0 saturated heterocycles. The van der Waals surface area contributed by atoms with Crippen LogP contribution in [0.3, 0.4) is 0 Å². The predicted molar refractivity (Wildman–Crippen MR) is 70.1 cm³/mol. The van der Waals surface area contributed by atoms with Crippen molar-refractivity contribution in [3.63, 3.8) is 0 Å². The molecule has 3 heterocycles. The molecule has 0 aliphatic carbocycles. The first-order valence-corrected chi connectivity index (χ1v) is 7.34. The highest BCUT2D eigenvalue weighted by Gasteiger charge is 2.20. The van der Waals surface area contributed by atoms with E-state index in [9.17, 15) is 0 Å². The lowest BCUT2D eigenvalue weighted by atomic mass is 10.2. The smallest absolute Gasteiger partial charge is 0.171 e. The van der Waals surface area contributed by atoms with Crippen molar-refractivity contribution in [2.45, 2.75) is 18.4 Å². The van der Waals surface area contributed by atoms with Gasteiger partial charge in [0.1, 0.15) is 5.15 Å². The van der Waals surface area contributed by atoms with E-state index in [0.717, 1.165) is 33.5 Å². The van der Waals surface area contributed by atoms with Crippen LogP contribution in [-0.2, 0) is 11.5 Å². The molecule has 0 bridgehead atoms. The summed E-state index contributed by atoms with van der Waals surface area (Å²) in [6, 6.07) is 2.08. The molecule has 82 valence electrons. The van der Waals surface area contributed by atoms with Gasteiger partial charge in [-0.3, -0.25) is 0 Å². The van der Waals surface area contributed by atoms with Gasteiger partial charge in [0, 0.05) is 17.1 Å². The third-order valence-corrected chi connectivity index (χ3v) is 4.89. The van der Waals surface area contributed by atoms with Gasteiger partial charge < -0.3 is 0 Å². The van der Waals surface area contributed by atoms with Crippen LogP contribution in [0.5, 0.6) is 0 Å². The summed E-state index contributed by atoms with van der Waals surface area (Å²) in [6.07, 6.45) is 0. The summed E-state index contributed by atoms with van der Waals surface area (Å²) in [4.78, 5) is 10.1. The van der Waals surface area contributed by atoms with E-state index in [2.05, 4.69) is 28.3 Å². The monoisotopic (exact) mass is 268 g/mol. The number of rotatable bonds is 1. The number of nitrogens with zero attached hydrogens (tertiary/aromatic N) is 2. The molecule has 16 heavy (non-hydrogen) atoms. The lowest BCUT2D eigenvalue weighted by Crippen LogP contribution is -1.96. The van der Waals surface area contributed by atoms with Crippen LogP contribution in [0.2, 0.25) is 5.15 Å². The van der Waals surface area contributed by atoms with Gasteiger partial charge in [0.05, 0.1) is 10.6 Å². The number of halogens is 1. The van der Waals surface area contributed by atoms with Gasteiger partial charge in [-0.15, -0.1) is 11.3 Å². The zero-order valence-electron chi connectivity index (χ0n) is 8.66. The number of hydrogen-bond donors (Lipinski definition) is 0. The SMILES string of the molecule is Cc1ccsc1-c1nc(Cl)c2c(n1)CSC2. The highest BCUT2D eigenvalue weighted by molar-refractivity contribution is 7.98. The summed E-state index contributed by atoms with van der Waals surface area (Å²) >= 11 is 9.69. The molecule has 1 aliphatic rings. The fourth-order valence-electron chi connectivity index (χ4n) is 1.72. The van der Waals surface area contributed by atoms with Crippen molar-refractivity contribution in [3.05, 3.63) is 33.4 Å². The third-order valence-electron chi connectivity index (χ3n) is 2.59. The van der Waals surface area contributed by atoms with E-state index in [1.165, 1.54) is 5.56 Å². The van der Waals surface area contributed by atoms with E-state index in [1.54, 1.807) is 11.3 Å². The van der Waals surface area contributed by atoms with Crippen LogP contribution >= 0.6 is 34.7 Å². The number of aromatic nitrogens is 2. The minimum Gasteiger partial charge on any atom is -0.231 e. The lowest BCUT2D eigenvalue weighted by Gasteiger charge is -2.04. The Hall–Kier alpha value is -0.580. The molecule has 3 rings (SSSR count). The number of aryl methyl sites for hydroxylation is 1. The zero-order valence-corrected chi connectivity index (χ0v) is 11.0.